The summed E-state index contributed by atoms with van der Waals surface area (Å²) in [5, 5.41) is 5.00. The van der Waals surface area contributed by atoms with E-state index in [-0.39, 0.29) is 0 Å². The van der Waals surface area contributed by atoms with Crippen molar-refractivity contribution in [2.75, 3.05) is 4.90 Å². The van der Waals surface area contributed by atoms with E-state index in [1.165, 1.54) is 105 Å². The molecular formula is C75H51N. The third kappa shape index (κ3) is 7.55. The monoisotopic (exact) mass is 965 g/mol. The second-order valence-electron chi connectivity index (χ2n) is 19.9. The van der Waals surface area contributed by atoms with Gasteiger partial charge in [0.05, 0.1) is 5.41 Å². The summed E-state index contributed by atoms with van der Waals surface area (Å²) in [6, 6.07) is 114. The molecule has 0 radical (unpaired) electrons. The number of hydrogen-bond donors (Lipinski definition) is 0. The van der Waals surface area contributed by atoms with Crippen LogP contribution in [0.4, 0.5) is 17.1 Å². The Morgan fingerprint density at radius 3 is 1.13 bits per heavy atom. The molecule has 76 heavy (non-hydrogen) atoms. The van der Waals surface area contributed by atoms with Crippen LogP contribution in [0.25, 0.3) is 88.3 Å². The van der Waals surface area contributed by atoms with Gasteiger partial charge in [0.25, 0.3) is 0 Å². The lowest BCUT2D eigenvalue weighted by Crippen LogP contribution is -2.28. The molecule has 0 atom stereocenters. The molecule has 0 amide bonds. The van der Waals surface area contributed by atoms with E-state index in [0.717, 1.165) is 22.6 Å². The van der Waals surface area contributed by atoms with E-state index < -0.39 is 5.41 Å². The molecule has 0 N–H and O–H groups in total. The lowest BCUT2D eigenvalue weighted by Gasteiger charge is -2.34. The molecule has 0 aromatic heterocycles. The van der Waals surface area contributed by atoms with Crippen molar-refractivity contribution in [3.63, 3.8) is 0 Å². The Morgan fingerprint density at radius 2 is 0.579 bits per heavy atom. The minimum absolute atomic E-state index is 0.481. The fourth-order valence-electron chi connectivity index (χ4n) is 12.3. The quantitative estimate of drug-likeness (QED) is 0.123. The molecule has 0 saturated carbocycles. The van der Waals surface area contributed by atoms with Crippen molar-refractivity contribution >= 4 is 38.6 Å². The van der Waals surface area contributed by atoms with E-state index in [2.05, 4.69) is 314 Å². The van der Waals surface area contributed by atoms with Gasteiger partial charge in [-0.15, -0.1) is 0 Å². The van der Waals surface area contributed by atoms with Gasteiger partial charge in [-0.05, 0) is 153 Å². The Bertz CT molecular complexity index is 4170. The molecule has 0 bridgehead atoms. The molecule has 0 saturated heterocycles. The van der Waals surface area contributed by atoms with Gasteiger partial charge in [0.1, 0.15) is 0 Å². The van der Waals surface area contributed by atoms with Gasteiger partial charge in [-0.2, -0.15) is 0 Å². The maximum Gasteiger partial charge on any atom is 0.0713 e. The summed E-state index contributed by atoms with van der Waals surface area (Å²) in [4.78, 5) is 2.42. The van der Waals surface area contributed by atoms with Crippen LogP contribution in [0.5, 0.6) is 0 Å². The SMILES string of the molecule is c1ccc(-c2ccc(-c3ccc(N(c4ccc(-c5ccc6c(c5)c(-c5ccccc5)c(-c5ccccc5)c5ccccc56)cc4)c4ccc5c(c4)-c4ccccc4C5(c4ccccc4)c4ccccc4)cc3)cc2)cc1. The fraction of sp³-hybridized carbons (Fsp3) is 0.0133. The lowest BCUT2D eigenvalue weighted by atomic mass is 9.68. The number of rotatable bonds is 10. The van der Waals surface area contributed by atoms with Gasteiger partial charge < -0.3 is 4.90 Å². The molecule has 14 rings (SSSR count). The molecule has 1 heteroatoms. The summed E-state index contributed by atoms with van der Waals surface area (Å²) >= 11 is 0. The predicted molar refractivity (Wildman–Crippen MR) is 321 cm³/mol. The molecule has 0 spiro atoms. The molecule has 13 aromatic rings. The largest absolute Gasteiger partial charge is 0.310 e. The van der Waals surface area contributed by atoms with Crippen LogP contribution in [0.3, 0.4) is 0 Å². The topological polar surface area (TPSA) is 3.24 Å². The van der Waals surface area contributed by atoms with E-state index in [1.54, 1.807) is 0 Å². The van der Waals surface area contributed by atoms with Crippen molar-refractivity contribution in [3.8, 4) is 66.8 Å². The first-order valence-corrected chi connectivity index (χ1v) is 26.3. The van der Waals surface area contributed by atoms with E-state index >= 15 is 0 Å². The second kappa shape index (κ2) is 18.9. The van der Waals surface area contributed by atoms with Crippen molar-refractivity contribution in [1.29, 1.82) is 0 Å². The Hall–Kier alpha value is -9.82. The summed E-state index contributed by atoms with van der Waals surface area (Å²) < 4.78 is 0. The zero-order valence-corrected chi connectivity index (χ0v) is 41.9. The zero-order chi connectivity index (χ0) is 50.4. The van der Waals surface area contributed by atoms with Gasteiger partial charge in [0.2, 0.25) is 0 Å². The van der Waals surface area contributed by atoms with Gasteiger partial charge in [0.15, 0.2) is 0 Å². The standard InChI is InChI=1S/C75H51N/c1-6-20-52(21-7-1)53-34-36-54(37-35-53)55-38-43-62(44-39-55)76(64-47-49-72-69(51-64)67-31-18-19-33-71(67)75(72,60-26-12-4-13-27-60)61-28-14-5-15-29-61)63-45-40-56(41-46-63)59-42-48-66-65-30-16-17-32-68(65)73(57-22-8-2-9-23-57)74(70(66)50-59)58-24-10-3-11-25-58/h1-51H. The zero-order valence-electron chi connectivity index (χ0n) is 41.9. The Kier molecular flexibility index (Phi) is 11.2. The van der Waals surface area contributed by atoms with Crippen LogP contribution in [0.2, 0.25) is 0 Å². The van der Waals surface area contributed by atoms with Crippen LogP contribution < -0.4 is 4.90 Å². The number of anilines is 3. The third-order valence-corrected chi connectivity index (χ3v) is 15.8. The smallest absolute Gasteiger partial charge is 0.0713 e. The number of nitrogens with zero attached hydrogens (tertiary/aromatic N) is 1. The van der Waals surface area contributed by atoms with Crippen molar-refractivity contribution in [1.82, 2.24) is 0 Å². The van der Waals surface area contributed by atoms with Crippen molar-refractivity contribution in [2.24, 2.45) is 0 Å². The van der Waals surface area contributed by atoms with E-state index in [4.69, 9.17) is 0 Å². The van der Waals surface area contributed by atoms with E-state index in [1.807, 2.05) is 0 Å². The molecule has 0 aliphatic heterocycles. The van der Waals surface area contributed by atoms with Crippen LogP contribution in [0.1, 0.15) is 22.3 Å². The first-order valence-electron chi connectivity index (χ1n) is 26.3. The van der Waals surface area contributed by atoms with E-state index in [9.17, 15) is 0 Å². The fourth-order valence-corrected chi connectivity index (χ4v) is 12.3. The van der Waals surface area contributed by atoms with Crippen LogP contribution in [0, 0.1) is 0 Å². The van der Waals surface area contributed by atoms with Gasteiger partial charge in [0, 0.05) is 17.1 Å². The van der Waals surface area contributed by atoms with Crippen LogP contribution in [-0.4, -0.2) is 0 Å². The van der Waals surface area contributed by atoms with Crippen molar-refractivity contribution in [3.05, 3.63) is 332 Å². The molecule has 0 fully saturated rings. The molecule has 13 aromatic carbocycles. The van der Waals surface area contributed by atoms with E-state index in [0.29, 0.717) is 0 Å². The highest BCUT2D eigenvalue weighted by molar-refractivity contribution is 6.22. The summed E-state index contributed by atoms with van der Waals surface area (Å²) in [5.41, 5.74) is 22.4. The Balaban J connectivity index is 0.914. The lowest BCUT2D eigenvalue weighted by molar-refractivity contribution is 0.768. The van der Waals surface area contributed by atoms with Crippen LogP contribution in [0.15, 0.2) is 309 Å². The van der Waals surface area contributed by atoms with Crippen LogP contribution in [-0.2, 0) is 5.41 Å². The maximum atomic E-state index is 2.43. The summed E-state index contributed by atoms with van der Waals surface area (Å²) in [5.74, 6) is 0. The highest BCUT2D eigenvalue weighted by Gasteiger charge is 2.46. The predicted octanol–water partition coefficient (Wildman–Crippen LogP) is 20.2. The van der Waals surface area contributed by atoms with Gasteiger partial charge in [-0.25, -0.2) is 0 Å². The third-order valence-electron chi connectivity index (χ3n) is 15.8. The minimum atomic E-state index is -0.481. The normalized spacial score (nSPS) is 12.3. The molecule has 356 valence electrons. The minimum Gasteiger partial charge on any atom is -0.310 e. The first-order chi connectivity index (χ1) is 37.7. The first kappa shape index (κ1) is 44.8. The van der Waals surface area contributed by atoms with Crippen molar-refractivity contribution < 1.29 is 0 Å². The second-order valence-corrected chi connectivity index (χ2v) is 19.9. The molecular weight excluding hydrogens is 915 g/mol. The summed E-state index contributed by atoms with van der Waals surface area (Å²) in [7, 11) is 0. The molecule has 1 aliphatic rings. The highest BCUT2D eigenvalue weighted by atomic mass is 15.1. The van der Waals surface area contributed by atoms with Gasteiger partial charge in [-0.3, -0.25) is 0 Å². The van der Waals surface area contributed by atoms with Crippen molar-refractivity contribution in [2.45, 2.75) is 5.41 Å². The number of benzene rings is 13. The number of fused-ring (bicyclic) bond motifs is 6. The molecule has 0 heterocycles. The molecule has 1 nitrogen and oxygen atoms in total. The average molecular weight is 966 g/mol. The maximum absolute atomic E-state index is 2.43. The number of hydrogen-bond acceptors (Lipinski definition) is 1. The molecule has 0 unspecified atom stereocenters. The van der Waals surface area contributed by atoms with Crippen LogP contribution >= 0.6 is 0 Å². The highest BCUT2D eigenvalue weighted by Crippen LogP contribution is 2.57. The Morgan fingerprint density at radius 1 is 0.211 bits per heavy atom. The summed E-state index contributed by atoms with van der Waals surface area (Å²) in [6.45, 7) is 0. The Labute approximate surface area is 444 Å². The van der Waals surface area contributed by atoms with Gasteiger partial charge >= 0.3 is 0 Å². The average Bonchev–Trinajstić information content (AvgIpc) is 4.01. The van der Waals surface area contributed by atoms with Gasteiger partial charge in [-0.1, -0.05) is 267 Å². The summed E-state index contributed by atoms with van der Waals surface area (Å²) in [6.07, 6.45) is 0. The molecule has 1 aliphatic carbocycles.